The van der Waals surface area contributed by atoms with Gasteiger partial charge >= 0.3 is 5.97 Å². The maximum Gasteiger partial charge on any atom is 0.337 e. The standard InChI is InChI=1S/C14H20N2O2/c1-9(2)16(8-10-3-4-10)11-5-6-13(15)12(7-11)14(17)18/h5-7,9-10H,3-4,8,15H2,1-2H3,(H,17,18). The molecule has 0 aliphatic heterocycles. The predicted octanol–water partition coefficient (Wildman–Crippen LogP) is 2.59. The molecular weight excluding hydrogens is 228 g/mol. The van der Waals surface area contributed by atoms with Crippen molar-refractivity contribution < 1.29 is 9.90 Å². The van der Waals surface area contributed by atoms with Crippen molar-refractivity contribution in [3.63, 3.8) is 0 Å². The van der Waals surface area contributed by atoms with Crippen LogP contribution in [0.4, 0.5) is 11.4 Å². The molecule has 0 aromatic heterocycles. The lowest BCUT2D eigenvalue weighted by molar-refractivity contribution is 0.0698. The molecule has 3 N–H and O–H groups in total. The van der Waals surface area contributed by atoms with Gasteiger partial charge in [-0.1, -0.05) is 0 Å². The smallest absolute Gasteiger partial charge is 0.337 e. The van der Waals surface area contributed by atoms with Gasteiger partial charge < -0.3 is 15.7 Å². The Bertz CT molecular complexity index is 453. The summed E-state index contributed by atoms with van der Waals surface area (Å²) in [4.78, 5) is 13.4. The number of carbonyl (C=O) groups is 1. The van der Waals surface area contributed by atoms with E-state index < -0.39 is 5.97 Å². The monoisotopic (exact) mass is 248 g/mol. The van der Waals surface area contributed by atoms with E-state index in [0.717, 1.165) is 18.2 Å². The van der Waals surface area contributed by atoms with Crippen LogP contribution in [0.1, 0.15) is 37.0 Å². The zero-order chi connectivity index (χ0) is 13.3. The first-order valence-electron chi connectivity index (χ1n) is 6.38. The highest BCUT2D eigenvalue weighted by Crippen LogP contribution is 2.33. The first-order chi connectivity index (χ1) is 8.49. The van der Waals surface area contributed by atoms with Crippen LogP contribution >= 0.6 is 0 Å². The summed E-state index contributed by atoms with van der Waals surface area (Å²) in [5.74, 6) is -0.206. The van der Waals surface area contributed by atoms with Gasteiger partial charge in [-0.25, -0.2) is 4.79 Å². The number of nitrogen functional groups attached to an aromatic ring is 1. The molecule has 1 aliphatic rings. The highest BCUT2D eigenvalue weighted by atomic mass is 16.4. The van der Waals surface area contributed by atoms with Crippen molar-refractivity contribution in [1.82, 2.24) is 0 Å². The second-order valence-electron chi connectivity index (χ2n) is 5.27. The van der Waals surface area contributed by atoms with Crippen LogP contribution in [0.5, 0.6) is 0 Å². The lowest BCUT2D eigenvalue weighted by Crippen LogP contribution is -2.32. The molecule has 0 unspecified atom stereocenters. The van der Waals surface area contributed by atoms with E-state index in [1.165, 1.54) is 12.8 Å². The molecule has 1 saturated carbocycles. The fraction of sp³-hybridized carbons (Fsp3) is 0.500. The summed E-state index contributed by atoms with van der Waals surface area (Å²) in [7, 11) is 0. The summed E-state index contributed by atoms with van der Waals surface area (Å²) in [6.07, 6.45) is 2.56. The second kappa shape index (κ2) is 4.88. The van der Waals surface area contributed by atoms with Crippen LogP contribution in [-0.2, 0) is 0 Å². The van der Waals surface area contributed by atoms with Crippen molar-refractivity contribution in [3.8, 4) is 0 Å². The zero-order valence-electron chi connectivity index (χ0n) is 10.9. The maximum atomic E-state index is 11.1. The molecule has 2 rings (SSSR count). The van der Waals surface area contributed by atoms with Gasteiger partial charge in [0.15, 0.2) is 0 Å². The molecule has 0 saturated heterocycles. The number of nitrogens with zero attached hydrogens (tertiary/aromatic N) is 1. The van der Waals surface area contributed by atoms with Gasteiger partial charge in [0.1, 0.15) is 0 Å². The van der Waals surface area contributed by atoms with Crippen LogP contribution < -0.4 is 10.6 Å². The number of carboxylic acid groups (broad SMARTS) is 1. The minimum absolute atomic E-state index is 0.189. The third-order valence-electron chi connectivity index (χ3n) is 3.37. The van der Waals surface area contributed by atoms with Crippen molar-refractivity contribution in [2.24, 2.45) is 5.92 Å². The van der Waals surface area contributed by atoms with Crippen molar-refractivity contribution in [2.45, 2.75) is 32.7 Å². The van der Waals surface area contributed by atoms with Crippen LogP contribution in [-0.4, -0.2) is 23.7 Å². The molecule has 4 nitrogen and oxygen atoms in total. The van der Waals surface area contributed by atoms with Crippen molar-refractivity contribution in [1.29, 1.82) is 0 Å². The van der Waals surface area contributed by atoms with Crippen LogP contribution in [0.3, 0.4) is 0 Å². The Labute approximate surface area is 107 Å². The largest absolute Gasteiger partial charge is 0.478 e. The molecule has 0 bridgehead atoms. The summed E-state index contributed by atoms with van der Waals surface area (Å²) in [6.45, 7) is 5.25. The van der Waals surface area contributed by atoms with E-state index in [-0.39, 0.29) is 5.56 Å². The normalized spacial score (nSPS) is 14.8. The quantitative estimate of drug-likeness (QED) is 0.786. The second-order valence-corrected chi connectivity index (χ2v) is 5.27. The summed E-state index contributed by atoms with van der Waals surface area (Å²) >= 11 is 0. The Kier molecular flexibility index (Phi) is 3.45. The maximum absolute atomic E-state index is 11.1. The molecule has 0 radical (unpaired) electrons. The van der Waals surface area contributed by atoms with Gasteiger partial charge in [-0.3, -0.25) is 0 Å². The molecule has 1 fully saturated rings. The van der Waals surface area contributed by atoms with Gasteiger partial charge in [-0.05, 0) is 50.8 Å². The Morgan fingerprint density at radius 3 is 2.67 bits per heavy atom. The summed E-state index contributed by atoms with van der Waals surface area (Å²) in [6, 6.07) is 5.63. The number of aromatic carboxylic acids is 1. The van der Waals surface area contributed by atoms with Crippen LogP contribution in [0.15, 0.2) is 18.2 Å². The fourth-order valence-corrected chi connectivity index (χ4v) is 2.10. The minimum Gasteiger partial charge on any atom is -0.478 e. The van der Waals surface area contributed by atoms with E-state index in [0.29, 0.717) is 11.7 Å². The zero-order valence-corrected chi connectivity index (χ0v) is 10.9. The van der Waals surface area contributed by atoms with Crippen molar-refractivity contribution in [3.05, 3.63) is 23.8 Å². The third kappa shape index (κ3) is 2.75. The van der Waals surface area contributed by atoms with E-state index >= 15 is 0 Å². The average Bonchev–Trinajstić information content (AvgIpc) is 3.10. The number of nitrogens with two attached hydrogens (primary N) is 1. The molecule has 0 heterocycles. The van der Waals surface area contributed by atoms with E-state index in [2.05, 4.69) is 18.7 Å². The molecule has 0 atom stereocenters. The van der Waals surface area contributed by atoms with Gasteiger partial charge in [0, 0.05) is 24.0 Å². The third-order valence-corrected chi connectivity index (χ3v) is 3.37. The Morgan fingerprint density at radius 1 is 1.50 bits per heavy atom. The molecule has 1 aromatic rings. The molecule has 18 heavy (non-hydrogen) atoms. The fourth-order valence-electron chi connectivity index (χ4n) is 2.10. The number of benzene rings is 1. The molecular formula is C14H20N2O2. The molecule has 4 heteroatoms. The van der Waals surface area contributed by atoms with Gasteiger partial charge in [-0.15, -0.1) is 0 Å². The van der Waals surface area contributed by atoms with E-state index in [4.69, 9.17) is 10.8 Å². The van der Waals surface area contributed by atoms with Crippen LogP contribution in [0.25, 0.3) is 0 Å². The minimum atomic E-state index is -0.968. The van der Waals surface area contributed by atoms with Gasteiger partial charge in [-0.2, -0.15) is 0 Å². The molecule has 1 aromatic carbocycles. The number of carboxylic acids is 1. The van der Waals surface area contributed by atoms with Gasteiger partial charge in [0.05, 0.1) is 5.56 Å². The lowest BCUT2D eigenvalue weighted by Gasteiger charge is -2.29. The van der Waals surface area contributed by atoms with E-state index in [1.54, 1.807) is 12.1 Å². The highest BCUT2D eigenvalue weighted by molar-refractivity contribution is 5.94. The van der Waals surface area contributed by atoms with Crippen molar-refractivity contribution >= 4 is 17.3 Å². The van der Waals surface area contributed by atoms with Crippen LogP contribution in [0, 0.1) is 5.92 Å². The molecule has 0 amide bonds. The highest BCUT2D eigenvalue weighted by Gasteiger charge is 2.26. The summed E-state index contributed by atoms with van der Waals surface area (Å²) < 4.78 is 0. The predicted molar refractivity (Wildman–Crippen MR) is 73.0 cm³/mol. The number of rotatable bonds is 5. The van der Waals surface area contributed by atoms with E-state index in [1.807, 2.05) is 6.07 Å². The van der Waals surface area contributed by atoms with Gasteiger partial charge in [0.25, 0.3) is 0 Å². The van der Waals surface area contributed by atoms with E-state index in [9.17, 15) is 4.79 Å². The first kappa shape index (κ1) is 12.7. The Balaban J connectivity index is 2.28. The topological polar surface area (TPSA) is 66.6 Å². The number of hydrogen-bond acceptors (Lipinski definition) is 3. The SMILES string of the molecule is CC(C)N(CC1CC1)c1ccc(N)c(C(=O)O)c1. The Hall–Kier alpha value is -1.71. The number of anilines is 2. The number of hydrogen-bond donors (Lipinski definition) is 2. The van der Waals surface area contributed by atoms with Gasteiger partial charge in [0.2, 0.25) is 0 Å². The molecule has 1 aliphatic carbocycles. The van der Waals surface area contributed by atoms with Crippen molar-refractivity contribution in [2.75, 3.05) is 17.2 Å². The lowest BCUT2D eigenvalue weighted by atomic mass is 10.1. The Morgan fingerprint density at radius 2 is 2.17 bits per heavy atom. The summed E-state index contributed by atoms with van der Waals surface area (Å²) in [5, 5.41) is 9.11. The molecule has 98 valence electrons. The summed E-state index contributed by atoms with van der Waals surface area (Å²) in [5.41, 5.74) is 7.14. The molecule has 0 spiro atoms. The first-order valence-corrected chi connectivity index (χ1v) is 6.38. The average molecular weight is 248 g/mol. The van der Waals surface area contributed by atoms with Crippen LogP contribution in [0.2, 0.25) is 0 Å².